The van der Waals surface area contributed by atoms with Crippen LogP contribution in [0.3, 0.4) is 0 Å². The summed E-state index contributed by atoms with van der Waals surface area (Å²) in [6.45, 7) is 5.65. The van der Waals surface area contributed by atoms with Gasteiger partial charge >= 0.3 is 0 Å². The maximum Gasteiger partial charge on any atom is 0.282 e. The monoisotopic (exact) mass is 430 g/mol. The minimum absolute atomic E-state index is 0.134. The molecule has 32 heavy (non-hydrogen) atoms. The Labute approximate surface area is 186 Å². The average Bonchev–Trinajstić information content (AvgIpc) is 3.00. The van der Waals surface area contributed by atoms with E-state index in [2.05, 4.69) is 5.32 Å². The number of ether oxygens (including phenoxy) is 1. The van der Waals surface area contributed by atoms with Crippen LogP contribution >= 0.6 is 0 Å². The number of aryl methyl sites for hydroxylation is 1. The molecule has 1 aliphatic heterocycles. The lowest BCUT2D eigenvalue weighted by Gasteiger charge is -2.20. The lowest BCUT2D eigenvalue weighted by Crippen LogP contribution is -2.33. The van der Waals surface area contributed by atoms with Gasteiger partial charge in [0.15, 0.2) is 0 Å². The number of halogens is 1. The zero-order valence-corrected chi connectivity index (χ0v) is 18.1. The quantitative estimate of drug-likeness (QED) is 0.538. The summed E-state index contributed by atoms with van der Waals surface area (Å²) in [4.78, 5) is 28.3. The van der Waals surface area contributed by atoms with E-state index in [0.29, 0.717) is 22.7 Å². The van der Waals surface area contributed by atoms with Gasteiger partial charge in [-0.05, 0) is 62.2 Å². The highest BCUT2D eigenvalue weighted by molar-refractivity contribution is 6.46. The Morgan fingerprint density at radius 3 is 2.22 bits per heavy atom. The zero-order chi connectivity index (χ0) is 22.8. The van der Waals surface area contributed by atoms with E-state index in [1.807, 2.05) is 45.0 Å². The summed E-state index contributed by atoms with van der Waals surface area (Å²) in [5.74, 6) is -0.998. The molecular formula is C26H23FN2O3. The van der Waals surface area contributed by atoms with Gasteiger partial charge in [-0.3, -0.25) is 9.59 Å². The van der Waals surface area contributed by atoms with Crippen LogP contribution in [-0.4, -0.2) is 17.9 Å². The Balaban J connectivity index is 1.84. The van der Waals surface area contributed by atoms with Gasteiger partial charge in [-0.2, -0.15) is 0 Å². The first kappa shape index (κ1) is 21.3. The maximum absolute atomic E-state index is 13.6. The van der Waals surface area contributed by atoms with Crippen LogP contribution in [-0.2, 0) is 9.59 Å². The molecule has 0 aromatic heterocycles. The zero-order valence-electron chi connectivity index (χ0n) is 18.1. The fourth-order valence-electron chi connectivity index (χ4n) is 3.59. The van der Waals surface area contributed by atoms with E-state index in [0.717, 1.165) is 10.5 Å². The topological polar surface area (TPSA) is 58.6 Å². The third-order valence-corrected chi connectivity index (χ3v) is 5.09. The fourth-order valence-corrected chi connectivity index (χ4v) is 3.59. The summed E-state index contributed by atoms with van der Waals surface area (Å²) >= 11 is 0. The molecule has 0 radical (unpaired) electrons. The molecule has 1 heterocycles. The Morgan fingerprint density at radius 2 is 1.53 bits per heavy atom. The number of para-hydroxylation sites is 3. The molecule has 4 rings (SSSR count). The normalized spacial score (nSPS) is 13.8. The van der Waals surface area contributed by atoms with E-state index >= 15 is 0 Å². The van der Waals surface area contributed by atoms with Gasteiger partial charge in [-0.25, -0.2) is 9.29 Å². The summed E-state index contributed by atoms with van der Waals surface area (Å²) in [6, 6.07) is 19.9. The number of carbonyl (C=O) groups is 2. The lowest BCUT2D eigenvalue weighted by molar-refractivity contribution is -0.120. The first-order valence-electron chi connectivity index (χ1n) is 10.3. The SMILES string of the molecule is Cc1ccccc1NC1=C(c2ccc(F)cc2)C(=O)N(c2ccccc2OC(C)C)C1=O. The first-order chi connectivity index (χ1) is 15.4. The number of carbonyl (C=O) groups excluding carboxylic acids is 2. The molecule has 162 valence electrons. The second kappa shape index (κ2) is 8.67. The molecule has 3 aromatic rings. The highest BCUT2D eigenvalue weighted by Gasteiger charge is 2.41. The number of nitrogens with zero attached hydrogens (tertiary/aromatic N) is 1. The van der Waals surface area contributed by atoms with Crippen molar-refractivity contribution in [3.8, 4) is 5.75 Å². The fraction of sp³-hybridized carbons (Fsp3) is 0.154. The standard InChI is InChI=1S/C26H23FN2O3/c1-16(2)32-22-11-7-6-10-21(22)29-25(30)23(18-12-14-19(27)15-13-18)24(26(29)31)28-20-9-5-4-8-17(20)3/h4-16,28H,1-3H3. The van der Waals surface area contributed by atoms with E-state index in [1.165, 1.54) is 24.3 Å². The van der Waals surface area contributed by atoms with Crippen LogP contribution < -0.4 is 15.0 Å². The number of imide groups is 1. The van der Waals surface area contributed by atoms with Crippen molar-refractivity contribution in [1.29, 1.82) is 0 Å². The van der Waals surface area contributed by atoms with Crippen LogP contribution in [0.25, 0.3) is 5.57 Å². The largest absolute Gasteiger partial charge is 0.489 e. The Morgan fingerprint density at radius 1 is 0.875 bits per heavy atom. The molecule has 0 atom stereocenters. The molecule has 0 fully saturated rings. The summed E-state index contributed by atoms with van der Waals surface area (Å²) in [7, 11) is 0. The molecule has 1 aliphatic rings. The van der Waals surface area contributed by atoms with Crippen molar-refractivity contribution >= 4 is 28.8 Å². The van der Waals surface area contributed by atoms with Crippen molar-refractivity contribution in [3.05, 3.63) is 95.4 Å². The smallest absolute Gasteiger partial charge is 0.282 e. The van der Waals surface area contributed by atoms with Crippen molar-refractivity contribution in [2.75, 3.05) is 10.2 Å². The van der Waals surface area contributed by atoms with Gasteiger partial charge in [0.25, 0.3) is 11.8 Å². The Bertz CT molecular complexity index is 1220. The number of amides is 2. The second-order valence-electron chi connectivity index (χ2n) is 7.78. The molecule has 0 unspecified atom stereocenters. The van der Waals surface area contributed by atoms with Gasteiger partial charge in [-0.15, -0.1) is 0 Å². The number of nitrogens with one attached hydrogen (secondary N) is 1. The van der Waals surface area contributed by atoms with Gasteiger partial charge < -0.3 is 10.1 Å². The number of hydrogen-bond acceptors (Lipinski definition) is 4. The molecule has 0 saturated heterocycles. The molecule has 0 spiro atoms. The third-order valence-electron chi connectivity index (χ3n) is 5.09. The lowest BCUT2D eigenvalue weighted by atomic mass is 10.0. The molecule has 0 bridgehead atoms. The molecule has 1 N–H and O–H groups in total. The third kappa shape index (κ3) is 3.99. The van der Waals surface area contributed by atoms with Crippen molar-refractivity contribution in [1.82, 2.24) is 0 Å². The van der Waals surface area contributed by atoms with Crippen LogP contribution in [0.1, 0.15) is 25.0 Å². The number of benzene rings is 3. The van der Waals surface area contributed by atoms with E-state index in [4.69, 9.17) is 4.74 Å². The minimum atomic E-state index is -0.502. The summed E-state index contributed by atoms with van der Waals surface area (Å²) in [5, 5.41) is 3.15. The van der Waals surface area contributed by atoms with E-state index in [1.54, 1.807) is 24.3 Å². The van der Waals surface area contributed by atoms with Crippen LogP contribution in [0.2, 0.25) is 0 Å². The highest BCUT2D eigenvalue weighted by Crippen LogP contribution is 2.38. The van der Waals surface area contributed by atoms with E-state index < -0.39 is 17.6 Å². The number of anilines is 2. The second-order valence-corrected chi connectivity index (χ2v) is 7.78. The van der Waals surface area contributed by atoms with Crippen LogP contribution in [0.4, 0.5) is 15.8 Å². The Hall–Kier alpha value is -3.93. The van der Waals surface area contributed by atoms with Crippen molar-refractivity contribution in [2.45, 2.75) is 26.9 Å². The van der Waals surface area contributed by atoms with Gasteiger partial charge in [0.2, 0.25) is 0 Å². The van der Waals surface area contributed by atoms with Crippen LogP contribution in [0, 0.1) is 12.7 Å². The maximum atomic E-state index is 13.6. The molecule has 2 amide bonds. The minimum Gasteiger partial charge on any atom is -0.489 e. The molecule has 0 aliphatic carbocycles. The van der Waals surface area contributed by atoms with Gasteiger partial charge in [0, 0.05) is 5.69 Å². The van der Waals surface area contributed by atoms with Crippen LogP contribution in [0.5, 0.6) is 5.75 Å². The average molecular weight is 430 g/mol. The number of hydrogen-bond donors (Lipinski definition) is 1. The van der Waals surface area contributed by atoms with Gasteiger partial charge in [0.05, 0.1) is 17.4 Å². The molecule has 3 aromatic carbocycles. The summed E-state index contributed by atoms with van der Waals surface area (Å²) in [6.07, 6.45) is -0.141. The van der Waals surface area contributed by atoms with Crippen molar-refractivity contribution in [2.24, 2.45) is 0 Å². The molecule has 6 heteroatoms. The predicted octanol–water partition coefficient (Wildman–Crippen LogP) is 5.32. The first-order valence-corrected chi connectivity index (χ1v) is 10.3. The van der Waals surface area contributed by atoms with Crippen molar-refractivity contribution < 1.29 is 18.7 Å². The van der Waals surface area contributed by atoms with E-state index in [-0.39, 0.29) is 17.4 Å². The highest BCUT2D eigenvalue weighted by atomic mass is 19.1. The predicted molar refractivity (Wildman–Crippen MR) is 123 cm³/mol. The molecule has 0 saturated carbocycles. The molecule has 5 nitrogen and oxygen atoms in total. The van der Waals surface area contributed by atoms with Crippen LogP contribution in [0.15, 0.2) is 78.5 Å². The van der Waals surface area contributed by atoms with Gasteiger partial charge in [0.1, 0.15) is 17.3 Å². The number of rotatable bonds is 6. The molecular weight excluding hydrogens is 407 g/mol. The summed E-state index contributed by atoms with van der Waals surface area (Å²) < 4.78 is 19.4. The Kier molecular flexibility index (Phi) is 5.77. The van der Waals surface area contributed by atoms with Crippen molar-refractivity contribution in [3.63, 3.8) is 0 Å². The van der Waals surface area contributed by atoms with Gasteiger partial charge in [-0.1, -0.05) is 42.5 Å². The van der Waals surface area contributed by atoms with E-state index in [9.17, 15) is 14.0 Å². The summed E-state index contributed by atoms with van der Waals surface area (Å²) in [5.41, 5.74) is 2.74.